The van der Waals surface area contributed by atoms with Crippen LogP contribution in [0.25, 0.3) is 0 Å². The average Bonchev–Trinajstić information content (AvgIpc) is 2.80. The van der Waals surface area contributed by atoms with Gasteiger partial charge in [0.1, 0.15) is 11.9 Å². The summed E-state index contributed by atoms with van der Waals surface area (Å²) in [5, 5.41) is 3.13. The van der Waals surface area contributed by atoms with Crippen molar-refractivity contribution in [3.8, 4) is 0 Å². The Balaban J connectivity index is 1.34. The van der Waals surface area contributed by atoms with Gasteiger partial charge >= 0.3 is 0 Å². The van der Waals surface area contributed by atoms with Crippen molar-refractivity contribution in [1.82, 2.24) is 24.4 Å². The Morgan fingerprint density at radius 2 is 2.10 bits per heavy atom. The zero-order valence-electron chi connectivity index (χ0n) is 16.3. The first kappa shape index (κ1) is 19.7. The van der Waals surface area contributed by atoms with E-state index >= 15 is 0 Å². The molecule has 1 fully saturated rings. The number of anilines is 2. The predicted molar refractivity (Wildman–Crippen MR) is 110 cm³/mol. The largest absolute Gasteiger partial charge is 0.368 e. The van der Waals surface area contributed by atoms with E-state index in [1.807, 2.05) is 12.1 Å². The minimum absolute atomic E-state index is 0.00000754. The standard InChI is InChI=1S/C21H22N6O3/c28-20-3-1-2-9-26(20)10-6-21(29)27-11-12-30-18(15-27)17-5-4-16(13-24-17)25-19-14-22-7-8-23-19/h1-5,7-9,13-14,18H,6,10-12,15H2,(H,23,25). The van der Waals surface area contributed by atoms with Crippen LogP contribution < -0.4 is 10.9 Å². The molecule has 9 heteroatoms. The maximum Gasteiger partial charge on any atom is 0.250 e. The normalized spacial score (nSPS) is 16.3. The molecule has 0 spiro atoms. The number of amides is 1. The van der Waals surface area contributed by atoms with Gasteiger partial charge in [0.15, 0.2) is 0 Å². The minimum Gasteiger partial charge on any atom is -0.368 e. The molecule has 1 aliphatic rings. The molecule has 1 amide bonds. The van der Waals surface area contributed by atoms with E-state index in [-0.39, 0.29) is 24.0 Å². The first-order valence-electron chi connectivity index (χ1n) is 9.73. The van der Waals surface area contributed by atoms with Gasteiger partial charge in [-0.1, -0.05) is 6.07 Å². The molecular formula is C21H22N6O3. The number of aromatic nitrogens is 4. The van der Waals surface area contributed by atoms with E-state index in [1.165, 1.54) is 6.07 Å². The van der Waals surface area contributed by atoms with Crippen molar-refractivity contribution in [2.45, 2.75) is 19.1 Å². The Kier molecular flexibility index (Phi) is 6.09. The summed E-state index contributed by atoms with van der Waals surface area (Å²) in [6.07, 6.45) is 8.23. The highest BCUT2D eigenvalue weighted by molar-refractivity contribution is 5.76. The fourth-order valence-electron chi connectivity index (χ4n) is 3.26. The molecule has 1 aliphatic heterocycles. The van der Waals surface area contributed by atoms with Crippen molar-refractivity contribution >= 4 is 17.4 Å². The number of pyridine rings is 2. The van der Waals surface area contributed by atoms with Gasteiger partial charge in [-0.2, -0.15) is 0 Å². The first-order chi connectivity index (χ1) is 14.7. The fourth-order valence-corrected chi connectivity index (χ4v) is 3.26. The van der Waals surface area contributed by atoms with Gasteiger partial charge in [0.2, 0.25) is 5.91 Å². The number of carbonyl (C=O) groups is 1. The minimum atomic E-state index is -0.285. The molecule has 0 aromatic carbocycles. The van der Waals surface area contributed by atoms with Crippen molar-refractivity contribution in [1.29, 1.82) is 0 Å². The SMILES string of the molecule is O=C(CCn1ccccc1=O)N1CCOC(c2ccc(Nc3cnccn3)cn2)C1. The molecule has 30 heavy (non-hydrogen) atoms. The lowest BCUT2D eigenvalue weighted by atomic mass is 10.1. The second-order valence-electron chi connectivity index (χ2n) is 6.87. The van der Waals surface area contributed by atoms with E-state index < -0.39 is 0 Å². The molecule has 1 saturated heterocycles. The van der Waals surface area contributed by atoms with Gasteiger partial charge in [0.25, 0.3) is 5.56 Å². The smallest absolute Gasteiger partial charge is 0.250 e. The average molecular weight is 406 g/mol. The topological polar surface area (TPSA) is 102 Å². The van der Waals surface area contributed by atoms with E-state index in [9.17, 15) is 9.59 Å². The molecular weight excluding hydrogens is 384 g/mol. The number of rotatable bonds is 6. The van der Waals surface area contributed by atoms with Crippen molar-refractivity contribution in [3.05, 3.63) is 77.4 Å². The van der Waals surface area contributed by atoms with E-state index in [2.05, 4.69) is 20.3 Å². The number of nitrogens with zero attached hydrogens (tertiary/aromatic N) is 5. The van der Waals surface area contributed by atoms with Gasteiger partial charge in [-0.15, -0.1) is 0 Å². The summed E-state index contributed by atoms with van der Waals surface area (Å²) in [5.74, 6) is 0.634. The van der Waals surface area contributed by atoms with Crippen LogP contribution in [0.4, 0.5) is 11.5 Å². The Hall–Kier alpha value is -3.59. The Morgan fingerprint density at radius 1 is 1.17 bits per heavy atom. The van der Waals surface area contributed by atoms with Gasteiger partial charge in [-0.05, 0) is 18.2 Å². The van der Waals surface area contributed by atoms with Gasteiger partial charge in [0.05, 0.1) is 36.9 Å². The van der Waals surface area contributed by atoms with Crippen molar-refractivity contribution in [3.63, 3.8) is 0 Å². The molecule has 3 aromatic heterocycles. The van der Waals surface area contributed by atoms with Crippen LogP contribution in [0.2, 0.25) is 0 Å². The highest BCUT2D eigenvalue weighted by atomic mass is 16.5. The fraction of sp³-hybridized carbons (Fsp3) is 0.286. The van der Waals surface area contributed by atoms with Crippen molar-refractivity contribution in [2.24, 2.45) is 0 Å². The molecule has 0 radical (unpaired) electrons. The third-order valence-corrected chi connectivity index (χ3v) is 4.84. The maximum absolute atomic E-state index is 12.6. The maximum atomic E-state index is 12.6. The summed E-state index contributed by atoms with van der Waals surface area (Å²) in [4.78, 5) is 38.8. The van der Waals surface area contributed by atoms with Crippen LogP contribution in [0.3, 0.4) is 0 Å². The van der Waals surface area contributed by atoms with Gasteiger partial charge in [-0.3, -0.25) is 19.6 Å². The number of hydrogen-bond donors (Lipinski definition) is 1. The Bertz CT molecular complexity index is 1040. The van der Waals surface area contributed by atoms with Gasteiger partial charge < -0.3 is 19.5 Å². The Labute approximate surface area is 173 Å². The first-order valence-corrected chi connectivity index (χ1v) is 9.73. The summed E-state index contributed by atoms with van der Waals surface area (Å²) in [6.45, 7) is 1.78. The lowest BCUT2D eigenvalue weighted by Gasteiger charge is -2.32. The van der Waals surface area contributed by atoms with Crippen molar-refractivity contribution < 1.29 is 9.53 Å². The summed E-state index contributed by atoms with van der Waals surface area (Å²) >= 11 is 0. The van der Waals surface area contributed by atoms with E-state index in [1.54, 1.807) is 52.6 Å². The summed E-state index contributed by atoms with van der Waals surface area (Å²) < 4.78 is 7.37. The van der Waals surface area contributed by atoms with E-state index in [4.69, 9.17) is 4.74 Å². The lowest BCUT2D eigenvalue weighted by Crippen LogP contribution is -2.42. The number of aryl methyl sites for hydroxylation is 1. The van der Waals surface area contributed by atoms with Crippen LogP contribution in [0.15, 0.2) is 66.1 Å². The Morgan fingerprint density at radius 3 is 2.87 bits per heavy atom. The number of carbonyl (C=O) groups excluding carboxylic acids is 1. The molecule has 1 N–H and O–H groups in total. The van der Waals surface area contributed by atoms with Crippen LogP contribution in [0.5, 0.6) is 0 Å². The third-order valence-electron chi connectivity index (χ3n) is 4.84. The van der Waals surface area contributed by atoms with E-state index in [0.29, 0.717) is 32.1 Å². The van der Waals surface area contributed by atoms with Gasteiger partial charge in [0, 0.05) is 44.2 Å². The predicted octanol–water partition coefficient (Wildman–Crippen LogP) is 1.77. The molecule has 0 bridgehead atoms. The summed E-state index contributed by atoms with van der Waals surface area (Å²) in [6, 6.07) is 8.73. The number of hydrogen-bond acceptors (Lipinski definition) is 7. The molecule has 3 aromatic rings. The molecule has 1 unspecified atom stereocenters. The van der Waals surface area contributed by atoms with Crippen molar-refractivity contribution in [2.75, 3.05) is 25.0 Å². The monoisotopic (exact) mass is 406 g/mol. The quantitative estimate of drug-likeness (QED) is 0.665. The van der Waals surface area contributed by atoms with E-state index in [0.717, 1.165) is 11.4 Å². The molecule has 4 rings (SSSR count). The summed E-state index contributed by atoms with van der Waals surface area (Å²) in [7, 11) is 0. The second kappa shape index (κ2) is 9.27. The number of nitrogens with one attached hydrogen (secondary N) is 1. The molecule has 0 aliphatic carbocycles. The molecule has 9 nitrogen and oxygen atoms in total. The van der Waals surface area contributed by atoms with Crippen LogP contribution in [0.1, 0.15) is 18.2 Å². The zero-order chi connectivity index (χ0) is 20.8. The lowest BCUT2D eigenvalue weighted by molar-refractivity contribution is -0.139. The number of ether oxygens (including phenoxy) is 1. The third kappa shape index (κ3) is 4.87. The highest BCUT2D eigenvalue weighted by Crippen LogP contribution is 2.23. The van der Waals surface area contributed by atoms with Crippen LogP contribution in [-0.4, -0.2) is 50.0 Å². The highest BCUT2D eigenvalue weighted by Gasteiger charge is 2.26. The molecule has 1 atom stereocenters. The molecule has 0 saturated carbocycles. The summed E-state index contributed by atoms with van der Waals surface area (Å²) in [5.41, 5.74) is 1.44. The molecule has 154 valence electrons. The van der Waals surface area contributed by atoms with Crippen LogP contribution >= 0.6 is 0 Å². The van der Waals surface area contributed by atoms with Crippen LogP contribution in [-0.2, 0) is 16.1 Å². The van der Waals surface area contributed by atoms with Crippen LogP contribution in [0, 0.1) is 0 Å². The second-order valence-corrected chi connectivity index (χ2v) is 6.87. The number of morpholine rings is 1. The molecule has 4 heterocycles. The zero-order valence-corrected chi connectivity index (χ0v) is 16.3. The van der Waals surface area contributed by atoms with Gasteiger partial charge in [-0.25, -0.2) is 4.98 Å².